The van der Waals surface area contributed by atoms with Crippen molar-refractivity contribution in [3.8, 4) is 0 Å². The van der Waals surface area contributed by atoms with Gasteiger partial charge in [0.25, 0.3) is 0 Å². The minimum atomic E-state index is 0. The van der Waals surface area contributed by atoms with Gasteiger partial charge in [0.05, 0.1) is 12.3 Å². The molecule has 0 aliphatic heterocycles. The molecule has 1 aromatic rings. The molecule has 128 valence electrons. The zero-order chi connectivity index (χ0) is 15.7. The van der Waals surface area contributed by atoms with Gasteiger partial charge in [-0.05, 0) is 20.3 Å². The Balaban J connectivity index is 0.00000441. The van der Waals surface area contributed by atoms with Crippen molar-refractivity contribution in [1.82, 2.24) is 20.4 Å². The topological polar surface area (TPSA) is 63.5 Å². The summed E-state index contributed by atoms with van der Waals surface area (Å²) < 4.78 is 7.42. The second-order valence-corrected chi connectivity index (χ2v) is 5.09. The van der Waals surface area contributed by atoms with E-state index in [9.17, 15) is 0 Å². The Hall–Kier alpha value is -0.830. The van der Waals surface area contributed by atoms with E-state index in [1.807, 2.05) is 18.7 Å². The Morgan fingerprint density at radius 2 is 2.00 bits per heavy atom. The maximum Gasteiger partial charge on any atom is 0.191 e. The third-order valence-corrected chi connectivity index (χ3v) is 3.50. The molecule has 0 fully saturated rings. The van der Waals surface area contributed by atoms with Crippen molar-refractivity contribution >= 4 is 29.9 Å². The van der Waals surface area contributed by atoms with E-state index in [2.05, 4.69) is 34.6 Å². The zero-order valence-corrected chi connectivity index (χ0v) is 16.7. The van der Waals surface area contributed by atoms with Crippen LogP contribution >= 0.6 is 24.0 Å². The monoisotopic (exact) mass is 423 g/mol. The first-order valence-corrected chi connectivity index (χ1v) is 7.61. The predicted octanol–water partition coefficient (Wildman–Crippen LogP) is 2.14. The number of unbranched alkanes of at least 4 members (excludes halogenated alkanes) is 1. The molecule has 0 unspecified atom stereocenters. The molecule has 7 heteroatoms. The molecule has 0 saturated carbocycles. The third-order valence-electron chi connectivity index (χ3n) is 3.50. The molecule has 0 radical (unpaired) electrons. The van der Waals surface area contributed by atoms with Crippen molar-refractivity contribution < 1.29 is 4.74 Å². The van der Waals surface area contributed by atoms with Gasteiger partial charge in [-0.1, -0.05) is 13.3 Å². The van der Waals surface area contributed by atoms with Crippen LogP contribution in [-0.4, -0.2) is 42.5 Å². The van der Waals surface area contributed by atoms with Gasteiger partial charge in [-0.3, -0.25) is 9.67 Å². The molecule has 0 saturated heterocycles. The smallest absolute Gasteiger partial charge is 0.191 e. The summed E-state index contributed by atoms with van der Waals surface area (Å²) in [6, 6.07) is 0. The number of aliphatic imine (C=N–C) groups is 1. The number of hydrogen-bond acceptors (Lipinski definition) is 3. The molecule has 1 rings (SSSR count). The number of rotatable bonds is 8. The van der Waals surface area contributed by atoms with Gasteiger partial charge >= 0.3 is 0 Å². The van der Waals surface area contributed by atoms with Crippen LogP contribution in [0.2, 0.25) is 0 Å². The van der Waals surface area contributed by atoms with E-state index in [-0.39, 0.29) is 24.0 Å². The number of ether oxygens (including phenoxy) is 1. The number of nitrogens with one attached hydrogen (secondary N) is 2. The van der Waals surface area contributed by atoms with E-state index in [4.69, 9.17) is 4.74 Å². The van der Waals surface area contributed by atoms with Gasteiger partial charge in [-0.25, -0.2) is 0 Å². The minimum absolute atomic E-state index is 0. The maximum absolute atomic E-state index is 5.51. The highest BCUT2D eigenvalue weighted by atomic mass is 127. The van der Waals surface area contributed by atoms with Crippen LogP contribution in [0.25, 0.3) is 0 Å². The minimum Gasteiger partial charge on any atom is -0.380 e. The molecule has 1 heterocycles. The van der Waals surface area contributed by atoms with Crippen molar-refractivity contribution in [1.29, 1.82) is 0 Å². The molecule has 0 atom stereocenters. The zero-order valence-electron chi connectivity index (χ0n) is 14.4. The fourth-order valence-electron chi connectivity index (χ4n) is 2.06. The van der Waals surface area contributed by atoms with Crippen LogP contribution in [0.4, 0.5) is 0 Å². The normalized spacial score (nSPS) is 11.2. The Labute approximate surface area is 151 Å². The van der Waals surface area contributed by atoms with Gasteiger partial charge in [-0.2, -0.15) is 5.10 Å². The number of aromatic nitrogens is 2. The van der Waals surface area contributed by atoms with Crippen molar-refractivity contribution in [3.05, 3.63) is 17.0 Å². The molecule has 2 N–H and O–H groups in total. The lowest BCUT2D eigenvalue weighted by molar-refractivity contribution is 0.136. The van der Waals surface area contributed by atoms with E-state index < -0.39 is 0 Å². The highest BCUT2D eigenvalue weighted by Gasteiger charge is 2.09. The second kappa shape index (κ2) is 11.7. The molecule has 1 aromatic heterocycles. The predicted molar refractivity (Wildman–Crippen MR) is 102 cm³/mol. The van der Waals surface area contributed by atoms with Gasteiger partial charge in [0.15, 0.2) is 5.96 Å². The van der Waals surface area contributed by atoms with Crippen molar-refractivity contribution in [2.24, 2.45) is 12.0 Å². The molecule has 0 amide bonds. The first-order valence-electron chi connectivity index (χ1n) is 7.61. The van der Waals surface area contributed by atoms with Gasteiger partial charge in [0, 0.05) is 45.0 Å². The van der Waals surface area contributed by atoms with Crippen LogP contribution in [0.5, 0.6) is 0 Å². The summed E-state index contributed by atoms with van der Waals surface area (Å²) in [7, 11) is 3.74. The molecule has 22 heavy (non-hydrogen) atoms. The first-order chi connectivity index (χ1) is 10.1. The molecule has 0 spiro atoms. The summed E-state index contributed by atoms with van der Waals surface area (Å²) >= 11 is 0. The molecule has 0 aromatic carbocycles. The van der Waals surface area contributed by atoms with Crippen LogP contribution in [0.1, 0.15) is 36.7 Å². The Kier molecular flexibility index (Phi) is 11.3. The highest BCUT2D eigenvalue weighted by Crippen LogP contribution is 2.10. The lowest BCUT2D eigenvalue weighted by Gasteiger charge is -2.12. The standard InChI is InChI=1S/C15H29N5O.HI/c1-6-7-9-21-10-8-17-15(16-4)18-11-14-12(2)19-20(5)13(14)3;/h6-11H2,1-5H3,(H2,16,17,18);1H. The first kappa shape index (κ1) is 21.2. The second-order valence-electron chi connectivity index (χ2n) is 5.09. The number of halogens is 1. The molecule has 6 nitrogen and oxygen atoms in total. The SMILES string of the molecule is CCCCOCCNC(=NC)NCc1c(C)nn(C)c1C.I. The van der Waals surface area contributed by atoms with E-state index in [0.717, 1.165) is 37.8 Å². The highest BCUT2D eigenvalue weighted by molar-refractivity contribution is 14.0. The number of nitrogens with zero attached hydrogens (tertiary/aromatic N) is 3. The summed E-state index contributed by atoms with van der Waals surface area (Å²) in [4.78, 5) is 4.21. The van der Waals surface area contributed by atoms with Crippen LogP contribution in [0.15, 0.2) is 4.99 Å². The number of aryl methyl sites for hydroxylation is 2. The van der Waals surface area contributed by atoms with E-state index >= 15 is 0 Å². The number of guanidine groups is 1. The van der Waals surface area contributed by atoms with Crippen LogP contribution in [0, 0.1) is 13.8 Å². The van der Waals surface area contributed by atoms with Crippen LogP contribution in [-0.2, 0) is 18.3 Å². The molecule has 0 aliphatic carbocycles. The Bertz CT molecular complexity index is 459. The molecular formula is C15H30IN5O. The lowest BCUT2D eigenvalue weighted by atomic mass is 10.2. The fraction of sp³-hybridized carbons (Fsp3) is 0.733. The van der Waals surface area contributed by atoms with Crippen LogP contribution < -0.4 is 10.6 Å². The molecule has 0 aliphatic rings. The van der Waals surface area contributed by atoms with Gasteiger partial charge in [0.2, 0.25) is 0 Å². The van der Waals surface area contributed by atoms with Crippen LogP contribution in [0.3, 0.4) is 0 Å². The summed E-state index contributed by atoms with van der Waals surface area (Å²) in [6.45, 7) is 9.28. The largest absolute Gasteiger partial charge is 0.380 e. The Morgan fingerprint density at radius 3 is 2.55 bits per heavy atom. The third kappa shape index (κ3) is 6.95. The maximum atomic E-state index is 5.51. The van der Waals surface area contributed by atoms with Gasteiger partial charge in [0.1, 0.15) is 0 Å². The molecular weight excluding hydrogens is 393 g/mol. The quantitative estimate of drug-likeness (QED) is 0.291. The summed E-state index contributed by atoms with van der Waals surface area (Å²) in [5.41, 5.74) is 3.46. The van der Waals surface area contributed by atoms with Crippen molar-refractivity contribution in [2.45, 2.75) is 40.2 Å². The van der Waals surface area contributed by atoms with Crippen molar-refractivity contribution in [2.75, 3.05) is 26.8 Å². The lowest BCUT2D eigenvalue weighted by Crippen LogP contribution is -2.38. The summed E-state index contributed by atoms with van der Waals surface area (Å²) in [5, 5.41) is 11.0. The van der Waals surface area contributed by atoms with Gasteiger partial charge in [-0.15, -0.1) is 24.0 Å². The fourth-order valence-corrected chi connectivity index (χ4v) is 2.06. The van der Waals surface area contributed by atoms with E-state index in [0.29, 0.717) is 6.61 Å². The summed E-state index contributed by atoms with van der Waals surface area (Å²) in [5.74, 6) is 0.789. The van der Waals surface area contributed by atoms with Gasteiger partial charge < -0.3 is 15.4 Å². The van der Waals surface area contributed by atoms with E-state index in [1.54, 1.807) is 7.05 Å². The summed E-state index contributed by atoms with van der Waals surface area (Å²) in [6.07, 6.45) is 2.28. The number of hydrogen-bond donors (Lipinski definition) is 2. The van der Waals surface area contributed by atoms with E-state index in [1.165, 1.54) is 17.7 Å². The average molecular weight is 423 g/mol. The Morgan fingerprint density at radius 1 is 1.27 bits per heavy atom. The van der Waals surface area contributed by atoms with Crippen molar-refractivity contribution in [3.63, 3.8) is 0 Å². The molecule has 0 bridgehead atoms. The average Bonchev–Trinajstić information content (AvgIpc) is 2.71.